The number of carbonyl (C=O) groups excluding carboxylic acids is 1. The van der Waals surface area contributed by atoms with Crippen molar-refractivity contribution >= 4 is 5.91 Å². The number of hydrogen-bond donors (Lipinski definition) is 4. The lowest BCUT2D eigenvalue weighted by Crippen LogP contribution is -2.42. The average Bonchev–Trinajstić information content (AvgIpc) is 2.37. The van der Waals surface area contributed by atoms with Gasteiger partial charge < -0.3 is 21.9 Å². The maximum Gasteiger partial charge on any atom is 0.237 e. The normalized spacial score (nSPS) is 12.1. The minimum atomic E-state index is -0.563. The fourth-order valence-electron chi connectivity index (χ4n) is 1.59. The van der Waals surface area contributed by atoms with Crippen molar-refractivity contribution in [2.24, 2.45) is 11.5 Å². The van der Waals surface area contributed by atoms with Crippen molar-refractivity contribution in [1.29, 1.82) is 0 Å². The first-order valence-electron chi connectivity index (χ1n) is 6.14. The Morgan fingerprint density at radius 3 is 2.56 bits per heavy atom. The van der Waals surface area contributed by atoms with Crippen molar-refractivity contribution in [2.45, 2.75) is 25.3 Å². The highest BCUT2D eigenvalue weighted by Crippen LogP contribution is 2.10. The molecule has 18 heavy (non-hydrogen) atoms. The molecular formula is C13H21N3O2. The number of amides is 1. The lowest BCUT2D eigenvalue weighted by atomic mass is 10.1. The van der Waals surface area contributed by atoms with Crippen molar-refractivity contribution in [3.8, 4) is 5.75 Å². The van der Waals surface area contributed by atoms with E-state index >= 15 is 0 Å². The molecule has 0 saturated carbocycles. The molecule has 0 unspecified atom stereocenters. The average molecular weight is 251 g/mol. The third-order valence-electron chi connectivity index (χ3n) is 2.66. The van der Waals surface area contributed by atoms with E-state index in [0.717, 1.165) is 18.4 Å². The Balaban J connectivity index is 2.33. The van der Waals surface area contributed by atoms with Crippen molar-refractivity contribution in [3.05, 3.63) is 29.8 Å². The van der Waals surface area contributed by atoms with Gasteiger partial charge in [-0.2, -0.15) is 0 Å². The smallest absolute Gasteiger partial charge is 0.237 e. The molecule has 100 valence electrons. The number of rotatable bonds is 7. The van der Waals surface area contributed by atoms with E-state index < -0.39 is 6.04 Å². The van der Waals surface area contributed by atoms with Gasteiger partial charge in [-0.1, -0.05) is 12.1 Å². The van der Waals surface area contributed by atoms with Gasteiger partial charge in [0.05, 0.1) is 6.04 Å². The highest BCUT2D eigenvalue weighted by Gasteiger charge is 2.13. The van der Waals surface area contributed by atoms with Gasteiger partial charge in [-0.15, -0.1) is 0 Å². The quantitative estimate of drug-likeness (QED) is 0.517. The Labute approximate surface area is 107 Å². The van der Waals surface area contributed by atoms with Crippen molar-refractivity contribution in [3.63, 3.8) is 0 Å². The van der Waals surface area contributed by atoms with E-state index in [4.69, 9.17) is 16.6 Å². The van der Waals surface area contributed by atoms with E-state index in [0.29, 0.717) is 19.5 Å². The fourth-order valence-corrected chi connectivity index (χ4v) is 1.59. The zero-order valence-electron chi connectivity index (χ0n) is 10.4. The Morgan fingerprint density at radius 2 is 1.94 bits per heavy atom. The maximum absolute atomic E-state index is 11.7. The van der Waals surface area contributed by atoms with Gasteiger partial charge in [-0.25, -0.2) is 0 Å². The van der Waals surface area contributed by atoms with Crippen LogP contribution in [-0.4, -0.2) is 30.1 Å². The number of aromatic hydroxyl groups is 1. The van der Waals surface area contributed by atoms with E-state index in [9.17, 15) is 4.79 Å². The van der Waals surface area contributed by atoms with Crippen LogP contribution in [-0.2, 0) is 11.2 Å². The van der Waals surface area contributed by atoms with E-state index in [1.807, 2.05) is 0 Å². The Kier molecular flexibility index (Phi) is 6.18. The van der Waals surface area contributed by atoms with Crippen LogP contribution >= 0.6 is 0 Å². The number of carbonyl (C=O) groups is 1. The van der Waals surface area contributed by atoms with Crippen LogP contribution in [0.2, 0.25) is 0 Å². The number of phenols is 1. The summed E-state index contributed by atoms with van der Waals surface area (Å²) in [5, 5.41) is 11.9. The molecule has 1 atom stereocenters. The van der Waals surface area contributed by atoms with Gasteiger partial charge in [0.15, 0.2) is 0 Å². The Morgan fingerprint density at radius 1 is 1.28 bits per heavy atom. The summed E-state index contributed by atoms with van der Waals surface area (Å²) in [7, 11) is 0. The second-order valence-electron chi connectivity index (χ2n) is 4.26. The van der Waals surface area contributed by atoms with Gasteiger partial charge in [-0.3, -0.25) is 4.79 Å². The molecule has 0 radical (unpaired) electrons. The monoisotopic (exact) mass is 251 g/mol. The molecule has 0 heterocycles. The first-order chi connectivity index (χ1) is 8.63. The summed E-state index contributed by atoms with van der Waals surface area (Å²) >= 11 is 0. The molecule has 0 aliphatic carbocycles. The lowest BCUT2D eigenvalue weighted by Gasteiger charge is -2.12. The molecule has 1 rings (SSSR count). The van der Waals surface area contributed by atoms with Gasteiger partial charge in [0.2, 0.25) is 5.91 Å². The van der Waals surface area contributed by atoms with Gasteiger partial charge in [0, 0.05) is 6.54 Å². The summed E-state index contributed by atoms with van der Waals surface area (Å²) in [6, 6.07) is 6.13. The van der Waals surface area contributed by atoms with E-state index in [2.05, 4.69) is 5.32 Å². The molecule has 0 spiro atoms. The Bertz CT molecular complexity index is 365. The predicted molar refractivity (Wildman–Crippen MR) is 71.1 cm³/mol. The highest BCUT2D eigenvalue weighted by atomic mass is 16.3. The fraction of sp³-hybridized carbons (Fsp3) is 0.462. The molecule has 6 N–H and O–H groups in total. The zero-order valence-corrected chi connectivity index (χ0v) is 10.4. The van der Waals surface area contributed by atoms with E-state index in [1.165, 1.54) is 0 Å². The molecule has 1 aromatic rings. The maximum atomic E-state index is 11.7. The van der Waals surface area contributed by atoms with Gasteiger partial charge in [0.1, 0.15) is 5.75 Å². The third-order valence-corrected chi connectivity index (χ3v) is 2.66. The number of benzene rings is 1. The van der Waals surface area contributed by atoms with Gasteiger partial charge in [-0.05, 0) is 43.5 Å². The summed E-state index contributed by atoms with van der Waals surface area (Å²) in [5.41, 5.74) is 12.1. The summed E-state index contributed by atoms with van der Waals surface area (Å²) in [5.74, 6) is 0.0543. The summed E-state index contributed by atoms with van der Waals surface area (Å²) in [6.45, 7) is 1.24. The molecule has 1 aromatic carbocycles. The van der Waals surface area contributed by atoms with E-state index in [-0.39, 0.29) is 11.7 Å². The molecule has 5 heteroatoms. The molecule has 5 nitrogen and oxygen atoms in total. The van der Waals surface area contributed by atoms with Crippen LogP contribution in [0.25, 0.3) is 0 Å². The van der Waals surface area contributed by atoms with Crippen LogP contribution in [0.4, 0.5) is 0 Å². The van der Waals surface area contributed by atoms with Crippen molar-refractivity contribution in [1.82, 2.24) is 5.32 Å². The largest absolute Gasteiger partial charge is 0.508 e. The summed E-state index contributed by atoms with van der Waals surface area (Å²) in [6.07, 6.45) is 2.23. The number of nitrogens with one attached hydrogen (secondary N) is 1. The van der Waals surface area contributed by atoms with Crippen LogP contribution in [0.1, 0.15) is 18.4 Å². The van der Waals surface area contributed by atoms with Gasteiger partial charge in [0.25, 0.3) is 0 Å². The number of unbranched alkanes of at least 4 members (excludes halogenated alkanes) is 1. The van der Waals surface area contributed by atoms with Crippen LogP contribution in [0, 0.1) is 0 Å². The molecule has 0 saturated heterocycles. The van der Waals surface area contributed by atoms with Crippen LogP contribution in [0.5, 0.6) is 5.75 Å². The van der Waals surface area contributed by atoms with E-state index in [1.54, 1.807) is 24.3 Å². The first-order valence-corrected chi connectivity index (χ1v) is 6.14. The second kappa shape index (κ2) is 7.68. The third kappa shape index (κ3) is 5.16. The van der Waals surface area contributed by atoms with Crippen LogP contribution in [0.15, 0.2) is 24.3 Å². The van der Waals surface area contributed by atoms with Crippen molar-refractivity contribution < 1.29 is 9.90 Å². The van der Waals surface area contributed by atoms with Crippen molar-refractivity contribution in [2.75, 3.05) is 13.1 Å². The molecular weight excluding hydrogens is 230 g/mol. The zero-order chi connectivity index (χ0) is 13.4. The molecule has 0 aliphatic rings. The standard InChI is InChI=1S/C13H21N3O2/c14-7-1-2-8-16-13(18)12(15)9-10-3-5-11(17)6-4-10/h3-6,12,17H,1-2,7-9,14-15H2,(H,16,18)/t12-/m0/s1. The highest BCUT2D eigenvalue weighted by molar-refractivity contribution is 5.81. The first kappa shape index (κ1) is 14.5. The molecule has 0 aromatic heterocycles. The topological polar surface area (TPSA) is 101 Å². The second-order valence-corrected chi connectivity index (χ2v) is 4.26. The minimum absolute atomic E-state index is 0.153. The molecule has 0 aliphatic heterocycles. The predicted octanol–water partition coefficient (Wildman–Crippen LogP) is 0.117. The van der Waals surface area contributed by atoms with Crippen LogP contribution in [0.3, 0.4) is 0 Å². The van der Waals surface area contributed by atoms with Crippen LogP contribution < -0.4 is 16.8 Å². The summed E-state index contributed by atoms with van der Waals surface area (Å²) in [4.78, 5) is 11.7. The number of nitrogens with two attached hydrogens (primary N) is 2. The Hall–Kier alpha value is -1.59. The number of phenolic OH excluding ortho intramolecular Hbond substituents is 1. The molecule has 0 bridgehead atoms. The van der Waals surface area contributed by atoms with Gasteiger partial charge >= 0.3 is 0 Å². The molecule has 1 amide bonds. The number of hydrogen-bond acceptors (Lipinski definition) is 4. The lowest BCUT2D eigenvalue weighted by molar-refractivity contribution is -0.122. The SMILES string of the molecule is NCCCCNC(=O)[C@@H](N)Cc1ccc(O)cc1. The minimum Gasteiger partial charge on any atom is -0.508 e. The molecule has 0 fully saturated rings. The summed E-state index contributed by atoms with van der Waals surface area (Å²) < 4.78 is 0.